The highest BCUT2D eigenvalue weighted by Gasteiger charge is 2.17. The minimum Gasteiger partial charge on any atom is -0.491 e. The maximum absolute atomic E-state index is 11.6. The summed E-state index contributed by atoms with van der Waals surface area (Å²) in [5.74, 6) is 4.93. The molecule has 0 radical (unpaired) electrons. The number of nitrogens with two attached hydrogens (primary N) is 1. The van der Waals surface area contributed by atoms with Crippen LogP contribution >= 0.6 is 0 Å². The maximum atomic E-state index is 11.6. The number of carbonyl (C=O) groups excluding carboxylic acids is 1. The molecule has 8 nitrogen and oxygen atoms in total. The summed E-state index contributed by atoms with van der Waals surface area (Å²) in [6, 6.07) is 7.75. The van der Waals surface area contributed by atoms with E-state index in [1.807, 2.05) is 24.3 Å². The van der Waals surface area contributed by atoms with E-state index in [4.69, 9.17) is 9.47 Å². The standard InChI is InChI=1S/C21H33NO7S/c1-3-5-6-7-8-9-10-18-11-13-20(14-12-18)26-16-21(15-19(23)4-2)27-17-28-30(24,25)29-22/h4,11-14,21H,2-3,5-10,15-17,22H2,1H3. The molecule has 0 bridgehead atoms. The van der Waals surface area contributed by atoms with Gasteiger partial charge in [-0.2, -0.15) is 18.6 Å². The van der Waals surface area contributed by atoms with Crippen molar-refractivity contribution in [2.45, 2.75) is 64.4 Å². The average molecular weight is 444 g/mol. The van der Waals surface area contributed by atoms with E-state index in [9.17, 15) is 13.2 Å². The fourth-order valence-electron chi connectivity index (χ4n) is 2.74. The lowest BCUT2D eigenvalue weighted by atomic mass is 10.0. The summed E-state index contributed by atoms with van der Waals surface area (Å²) < 4.78 is 41.1. The molecular weight excluding hydrogens is 410 g/mol. The fourth-order valence-corrected chi connectivity index (χ4v) is 2.96. The number of carbonyl (C=O) groups is 1. The Morgan fingerprint density at radius 1 is 1.13 bits per heavy atom. The van der Waals surface area contributed by atoms with Crippen LogP contribution in [0.2, 0.25) is 0 Å². The molecule has 0 amide bonds. The molecule has 0 aliphatic heterocycles. The van der Waals surface area contributed by atoms with Crippen LogP contribution in [0, 0.1) is 0 Å². The van der Waals surface area contributed by atoms with Crippen molar-refractivity contribution in [2.75, 3.05) is 13.4 Å². The molecule has 9 heteroatoms. The Balaban J connectivity index is 2.45. The van der Waals surface area contributed by atoms with Gasteiger partial charge in [-0.15, -0.1) is 0 Å². The number of aryl methyl sites for hydroxylation is 1. The summed E-state index contributed by atoms with van der Waals surface area (Å²) in [5, 5.41) is 0. The monoisotopic (exact) mass is 443 g/mol. The quantitative estimate of drug-likeness (QED) is 0.158. The Hall–Kier alpha value is -1.78. The normalized spacial score (nSPS) is 12.5. The Morgan fingerprint density at radius 2 is 1.80 bits per heavy atom. The minimum absolute atomic E-state index is 0.0310. The fraction of sp³-hybridized carbons (Fsp3) is 0.571. The molecule has 0 fully saturated rings. The van der Waals surface area contributed by atoms with E-state index in [1.165, 1.54) is 44.1 Å². The topological polar surface area (TPSA) is 114 Å². The molecule has 170 valence electrons. The van der Waals surface area contributed by atoms with Gasteiger partial charge in [0.1, 0.15) is 18.5 Å². The maximum Gasteiger partial charge on any atom is 0.418 e. The lowest BCUT2D eigenvalue weighted by Gasteiger charge is -2.17. The Morgan fingerprint density at radius 3 is 2.43 bits per heavy atom. The van der Waals surface area contributed by atoms with Gasteiger partial charge in [0.2, 0.25) is 0 Å². The van der Waals surface area contributed by atoms with Gasteiger partial charge >= 0.3 is 10.4 Å². The highest BCUT2D eigenvalue weighted by atomic mass is 32.3. The lowest BCUT2D eigenvalue weighted by molar-refractivity contribution is -0.120. The van der Waals surface area contributed by atoms with Gasteiger partial charge in [-0.25, -0.2) is 4.18 Å². The van der Waals surface area contributed by atoms with Gasteiger partial charge in [0.25, 0.3) is 0 Å². The van der Waals surface area contributed by atoms with Gasteiger partial charge in [-0.05, 0) is 36.6 Å². The van der Waals surface area contributed by atoms with Crippen LogP contribution in [0.3, 0.4) is 0 Å². The summed E-state index contributed by atoms with van der Waals surface area (Å²) in [7, 11) is -4.33. The molecule has 0 saturated carbocycles. The van der Waals surface area contributed by atoms with Crippen molar-refractivity contribution in [2.24, 2.45) is 5.90 Å². The lowest BCUT2D eigenvalue weighted by Crippen LogP contribution is -2.27. The Labute approximate surface area is 179 Å². The summed E-state index contributed by atoms with van der Waals surface area (Å²) in [6.45, 7) is 5.00. The number of allylic oxidation sites excluding steroid dienone is 1. The van der Waals surface area contributed by atoms with Crippen molar-refractivity contribution >= 4 is 16.2 Å². The molecular formula is C21H33NO7S. The second-order valence-electron chi connectivity index (χ2n) is 6.88. The van der Waals surface area contributed by atoms with Gasteiger partial charge in [-0.1, -0.05) is 57.7 Å². The Kier molecular flexibility index (Phi) is 13.2. The van der Waals surface area contributed by atoms with Crippen LogP contribution in [0.1, 0.15) is 57.4 Å². The number of rotatable bonds is 18. The molecule has 1 aromatic rings. The van der Waals surface area contributed by atoms with E-state index in [1.54, 1.807) is 0 Å². The van der Waals surface area contributed by atoms with Crippen LogP contribution in [0.25, 0.3) is 0 Å². The van der Waals surface area contributed by atoms with Crippen LogP contribution in [-0.4, -0.2) is 33.7 Å². The van der Waals surface area contributed by atoms with Gasteiger partial charge in [-0.3, -0.25) is 4.79 Å². The SMILES string of the molecule is C=CC(=O)CC(COc1ccc(CCCCCCCC)cc1)OCOS(=O)(=O)ON. The van der Waals surface area contributed by atoms with Crippen LogP contribution in [0.4, 0.5) is 0 Å². The molecule has 1 unspecified atom stereocenters. The van der Waals surface area contributed by atoms with Crippen molar-refractivity contribution in [3.63, 3.8) is 0 Å². The predicted octanol–water partition coefficient (Wildman–Crippen LogP) is 3.61. The third kappa shape index (κ3) is 12.0. The zero-order valence-corrected chi connectivity index (χ0v) is 18.4. The number of hydrogen-bond donors (Lipinski definition) is 1. The van der Waals surface area contributed by atoms with E-state index < -0.39 is 23.3 Å². The summed E-state index contributed by atoms with van der Waals surface area (Å²) >= 11 is 0. The zero-order valence-electron chi connectivity index (χ0n) is 17.6. The molecule has 30 heavy (non-hydrogen) atoms. The van der Waals surface area contributed by atoms with Crippen LogP contribution < -0.4 is 10.6 Å². The first-order valence-electron chi connectivity index (χ1n) is 10.2. The van der Waals surface area contributed by atoms with E-state index >= 15 is 0 Å². The minimum atomic E-state index is -4.33. The van der Waals surface area contributed by atoms with Crippen molar-refractivity contribution in [3.8, 4) is 5.75 Å². The van der Waals surface area contributed by atoms with E-state index in [0.29, 0.717) is 5.75 Å². The average Bonchev–Trinajstić information content (AvgIpc) is 2.75. The van der Waals surface area contributed by atoms with Crippen molar-refractivity contribution in [1.29, 1.82) is 0 Å². The van der Waals surface area contributed by atoms with Gasteiger partial charge < -0.3 is 9.47 Å². The third-order valence-electron chi connectivity index (χ3n) is 4.45. The predicted molar refractivity (Wildman–Crippen MR) is 114 cm³/mol. The van der Waals surface area contributed by atoms with E-state index in [0.717, 1.165) is 12.5 Å². The van der Waals surface area contributed by atoms with Crippen molar-refractivity contribution < 1.29 is 31.2 Å². The third-order valence-corrected chi connectivity index (χ3v) is 5.07. The number of ether oxygens (including phenoxy) is 2. The van der Waals surface area contributed by atoms with Crippen LogP contribution in [0.15, 0.2) is 36.9 Å². The molecule has 1 atom stereocenters. The smallest absolute Gasteiger partial charge is 0.418 e. The first-order valence-corrected chi connectivity index (χ1v) is 11.5. The van der Waals surface area contributed by atoms with E-state index in [-0.39, 0.29) is 18.8 Å². The molecule has 0 spiro atoms. The first-order chi connectivity index (χ1) is 14.4. The highest BCUT2D eigenvalue weighted by Crippen LogP contribution is 2.16. The van der Waals surface area contributed by atoms with Crippen molar-refractivity contribution in [3.05, 3.63) is 42.5 Å². The van der Waals surface area contributed by atoms with Crippen molar-refractivity contribution in [1.82, 2.24) is 0 Å². The Bertz CT molecular complexity index is 719. The molecule has 0 heterocycles. The van der Waals surface area contributed by atoms with Crippen LogP contribution in [-0.2, 0) is 34.8 Å². The first kappa shape index (κ1) is 26.3. The van der Waals surface area contributed by atoms with Crippen LogP contribution in [0.5, 0.6) is 5.75 Å². The molecule has 0 saturated heterocycles. The zero-order chi connectivity index (χ0) is 22.2. The largest absolute Gasteiger partial charge is 0.491 e. The van der Waals surface area contributed by atoms with Gasteiger partial charge in [0, 0.05) is 6.42 Å². The molecule has 2 N–H and O–H groups in total. The van der Waals surface area contributed by atoms with Gasteiger partial charge in [0.05, 0.1) is 0 Å². The molecule has 0 aliphatic carbocycles. The number of ketones is 1. The second kappa shape index (κ2) is 15.1. The number of hydrogen-bond acceptors (Lipinski definition) is 8. The number of unbranched alkanes of at least 4 members (excludes halogenated alkanes) is 5. The molecule has 0 aliphatic rings. The molecule has 1 aromatic carbocycles. The highest BCUT2D eigenvalue weighted by molar-refractivity contribution is 7.81. The summed E-state index contributed by atoms with van der Waals surface area (Å²) in [5.41, 5.74) is 1.24. The molecule has 0 aromatic heterocycles. The van der Waals surface area contributed by atoms with E-state index in [2.05, 4.69) is 27.9 Å². The molecule has 1 rings (SSSR count). The number of benzene rings is 1. The summed E-state index contributed by atoms with van der Waals surface area (Å²) in [6.07, 6.45) is 8.97. The summed E-state index contributed by atoms with van der Waals surface area (Å²) in [4.78, 5) is 11.6. The second-order valence-corrected chi connectivity index (χ2v) is 8.12. The van der Waals surface area contributed by atoms with Gasteiger partial charge in [0.15, 0.2) is 12.6 Å².